The van der Waals surface area contributed by atoms with Gasteiger partial charge in [0.15, 0.2) is 0 Å². The van der Waals surface area contributed by atoms with Gasteiger partial charge < -0.3 is 4.74 Å². The summed E-state index contributed by atoms with van der Waals surface area (Å²) in [6.45, 7) is 4.74. The fourth-order valence-corrected chi connectivity index (χ4v) is 6.18. The predicted octanol–water partition coefficient (Wildman–Crippen LogP) is 9.53. The average Bonchev–Trinajstić information content (AvgIpc) is 3.30. The van der Waals surface area contributed by atoms with Gasteiger partial charge in [-0.25, -0.2) is 9.36 Å². The smallest absolute Gasteiger partial charge is 0.352 e. The zero-order chi connectivity index (χ0) is 26.3. The van der Waals surface area contributed by atoms with Gasteiger partial charge in [0, 0.05) is 22.9 Å². The third-order valence-electron chi connectivity index (χ3n) is 7.17. The van der Waals surface area contributed by atoms with Crippen molar-refractivity contribution in [2.45, 2.75) is 122 Å². The van der Waals surface area contributed by atoms with E-state index in [1.165, 1.54) is 106 Å². The Kier molecular flexibility index (Phi) is 13.4. The van der Waals surface area contributed by atoms with E-state index in [-0.39, 0.29) is 0 Å². The van der Waals surface area contributed by atoms with E-state index < -0.39 is 10.7 Å². The van der Waals surface area contributed by atoms with Crippen LogP contribution in [0, 0.1) is 0 Å². The van der Waals surface area contributed by atoms with Gasteiger partial charge in [0.2, 0.25) is 10.8 Å². The van der Waals surface area contributed by atoms with Gasteiger partial charge >= 0.3 is 5.76 Å². The number of halogens is 1. The number of aromatic nitrogens is 2. The Morgan fingerprint density at radius 2 is 1.38 bits per heavy atom. The molecule has 2 heterocycles. The summed E-state index contributed by atoms with van der Waals surface area (Å²) >= 11 is 7.64. The maximum Gasteiger partial charge on any atom is 0.446 e. The second kappa shape index (κ2) is 16.5. The summed E-state index contributed by atoms with van der Waals surface area (Å²) in [4.78, 5) is 11.4. The molecule has 1 aliphatic rings. The number of hydrogen-bond donors (Lipinski definition) is 0. The molecule has 206 valence electrons. The third kappa shape index (κ3) is 9.04. The lowest BCUT2D eigenvalue weighted by Crippen LogP contribution is -2.35. The molecule has 1 aromatic carbocycles. The number of thioether (sulfide) groups is 1. The van der Waals surface area contributed by atoms with Crippen LogP contribution in [-0.2, 0) is 9.67 Å². The van der Waals surface area contributed by atoms with Crippen LogP contribution in [0.2, 0.25) is 5.02 Å². The first-order valence-corrected chi connectivity index (χ1v) is 15.7. The average molecular weight is 549 g/mol. The molecule has 0 amide bonds. The molecule has 0 spiro atoms. The number of unbranched alkanes of at least 4 members (excludes halogenated alkanes) is 15. The maximum absolute atomic E-state index is 12.3. The largest absolute Gasteiger partial charge is 0.446 e. The molecule has 0 saturated carbocycles. The minimum absolute atomic E-state index is 0.473. The number of ether oxygens (including phenoxy) is 1. The van der Waals surface area contributed by atoms with Crippen molar-refractivity contribution in [2.75, 3.05) is 6.61 Å². The van der Waals surface area contributed by atoms with Gasteiger partial charge in [0.05, 0.1) is 0 Å². The van der Waals surface area contributed by atoms with Gasteiger partial charge in [-0.3, -0.25) is 4.52 Å². The van der Waals surface area contributed by atoms with Gasteiger partial charge in [0.25, 0.3) is 0 Å². The van der Waals surface area contributed by atoms with Gasteiger partial charge in [-0.1, -0.05) is 144 Å². The van der Waals surface area contributed by atoms with Crippen molar-refractivity contribution in [3.8, 4) is 0 Å². The summed E-state index contributed by atoms with van der Waals surface area (Å²) in [6, 6.07) is 7.54. The maximum atomic E-state index is 12.3. The number of allylic oxidation sites excluding steroid dienone is 1. The quantitative estimate of drug-likeness (QED) is 0.163. The second-order valence-electron chi connectivity index (χ2n) is 10.3. The minimum Gasteiger partial charge on any atom is -0.352 e. The summed E-state index contributed by atoms with van der Waals surface area (Å²) in [5, 5.41) is 6.70. The first kappa shape index (κ1) is 30.0. The molecule has 1 unspecified atom stereocenters. The van der Waals surface area contributed by atoms with E-state index in [0.29, 0.717) is 17.5 Å². The minimum atomic E-state index is -0.925. The fraction of sp³-hybridized carbons (Fsp3) is 0.667. The highest BCUT2D eigenvalue weighted by Crippen LogP contribution is 2.47. The van der Waals surface area contributed by atoms with Crippen molar-refractivity contribution in [1.29, 1.82) is 0 Å². The molecule has 1 aliphatic heterocycles. The highest BCUT2D eigenvalue weighted by atomic mass is 35.5. The monoisotopic (exact) mass is 548 g/mol. The summed E-state index contributed by atoms with van der Waals surface area (Å²) < 4.78 is 13.0. The van der Waals surface area contributed by atoms with Crippen LogP contribution < -0.4 is 5.76 Å². The Bertz CT molecular complexity index is 1000. The van der Waals surface area contributed by atoms with Crippen molar-refractivity contribution in [1.82, 2.24) is 9.72 Å². The highest BCUT2D eigenvalue weighted by Gasteiger charge is 2.44. The Hall–Kier alpha value is -1.50. The van der Waals surface area contributed by atoms with E-state index in [2.05, 4.69) is 12.1 Å². The molecule has 5 nitrogen and oxygen atoms in total. The van der Waals surface area contributed by atoms with Crippen molar-refractivity contribution in [3.63, 3.8) is 0 Å². The van der Waals surface area contributed by atoms with E-state index in [4.69, 9.17) is 20.9 Å². The second-order valence-corrected chi connectivity index (χ2v) is 11.7. The Morgan fingerprint density at radius 1 is 0.865 bits per heavy atom. The molecule has 0 bridgehead atoms. The molecule has 0 aliphatic carbocycles. The standard InChI is InChI=1S/C30H45ClN2O3S/c1-3-4-5-6-7-8-9-10-11-12-13-14-15-16-17-18-23-35-30(26-19-21-27(31)22-20-26)28-32-36-29(34)33(28)25(2)24-37-30/h19-22,24H,3-18,23H2,1-2H3. The van der Waals surface area contributed by atoms with E-state index >= 15 is 0 Å². The zero-order valence-electron chi connectivity index (χ0n) is 22.8. The summed E-state index contributed by atoms with van der Waals surface area (Å²) in [5.41, 5.74) is 1.67. The highest BCUT2D eigenvalue weighted by molar-refractivity contribution is 8.03. The number of hydrogen-bond acceptors (Lipinski definition) is 5. The molecule has 3 rings (SSSR count). The van der Waals surface area contributed by atoms with E-state index in [1.54, 1.807) is 0 Å². The van der Waals surface area contributed by atoms with Crippen molar-refractivity contribution < 1.29 is 9.26 Å². The van der Waals surface area contributed by atoms with Crippen LogP contribution in [0.1, 0.15) is 128 Å². The Balaban J connectivity index is 1.33. The topological polar surface area (TPSA) is 57.3 Å². The molecule has 0 N–H and O–H groups in total. The van der Waals surface area contributed by atoms with Crippen LogP contribution in [0.3, 0.4) is 0 Å². The lowest BCUT2D eigenvalue weighted by atomic mass is 10.0. The summed E-state index contributed by atoms with van der Waals surface area (Å²) in [7, 11) is 0. The molecule has 7 heteroatoms. The normalized spacial score (nSPS) is 17.1. The van der Waals surface area contributed by atoms with Crippen LogP contribution in [-0.4, -0.2) is 16.3 Å². The van der Waals surface area contributed by atoms with Crippen LogP contribution in [0.25, 0.3) is 5.70 Å². The Labute approximate surface area is 232 Å². The molecule has 1 atom stereocenters. The first-order valence-electron chi connectivity index (χ1n) is 14.4. The number of fused-ring (bicyclic) bond motifs is 1. The van der Waals surface area contributed by atoms with Crippen LogP contribution >= 0.6 is 23.4 Å². The van der Waals surface area contributed by atoms with E-state index in [0.717, 1.165) is 24.1 Å². The predicted molar refractivity (Wildman–Crippen MR) is 156 cm³/mol. The van der Waals surface area contributed by atoms with Crippen LogP contribution in [0.5, 0.6) is 0 Å². The third-order valence-corrected chi connectivity index (χ3v) is 8.75. The SMILES string of the molecule is CCCCCCCCCCCCCCCCCCOC1(c2ccc(Cl)cc2)SC=C(C)n2c1noc2=O. The molecule has 0 radical (unpaired) electrons. The van der Waals surface area contributed by atoms with Crippen molar-refractivity contribution >= 4 is 29.1 Å². The van der Waals surface area contributed by atoms with Gasteiger partial charge in [-0.15, -0.1) is 0 Å². The van der Waals surface area contributed by atoms with Gasteiger partial charge in [-0.05, 0) is 30.9 Å². The van der Waals surface area contributed by atoms with Crippen LogP contribution in [0.15, 0.2) is 39.0 Å². The number of rotatable bonds is 19. The summed E-state index contributed by atoms with van der Waals surface area (Å²) in [6.07, 6.45) is 21.4. The molecular weight excluding hydrogens is 504 g/mol. The summed E-state index contributed by atoms with van der Waals surface area (Å²) in [5.74, 6) is -0.0188. The fourth-order valence-electron chi connectivity index (χ4n) is 4.96. The lowest BCUT2D eigenvalue weighted by molar-refractivity contribution is 0.0408. The first-order chi connectivity index (χ1) is 18.1. The number of benzene rings is 1. The van der Waals surface area contributed by atoms with Crippen molar-refractivity contribution in [3.05, 3.63) is 56.6 Å². The van der Waals surface area contributed by atoms with Gasteiger partial charge in [-0.2, -0.15) is 0 Å². The molecule has 0 saturated heterocycles. The number of nitrogens with zero attached hydrogens (tertiary/aromatic N) is 2. The molecular formula is C30H45ClN2O3S. The van der Waals surface area contributed by atoms with Crippen LogP contribution in [0.4, 0.5) is 0 Å². The molecule has 37 heavy (non-hydrogen) atoms. The lowest BCUT2D eigenvalue weighted by Gasteiger charge is -2.34. The van der Waals surface area contributed by atoms with Crippen molar-refractivity contribution in [2.24, 2.45) is 0 Å². The van der Waals surface area contributed by atoms with Gasteiger partial charge in [0.1, 0.15) is 0 Å². The zero-order valence-corrected chi connectivity index (χ0v) is 24.4. The molecule has 1 aromatic heterocycles. The Morgan fingerprint density at radius 3 is 1.92 bits per heavy atom. The molecule has 0 fully saturated rings. The van der Waals surface area contributed by atoms with E-state index in [1.807, 2.05) is 36.6 Å². The molecule has 2 aromatic rings. The van der Waals surface area contributed by atoms with E-state index in [9.17, 15) is 4.79 Å².